The first-order valence-corrected chi connectivity index (χ1v) is 9.00. The Labute approximate surface area is 141 Å². The number of rotatable bonds is 3. The lowest BCUT2D eigenvalue weighted by Crippen LogP contribution is -2.26. The van der Waals surface area contributed by atoms with E-state index in [1.165, 1.54) is 34.6 Å². The molecule has 0 fully saturated rings. The maximum Gasteiger partial charge on any atom is 0.195 e. The summed E-state index contributed by atoms with van der Waals surface area (Å²) in [5.41, 5.74) is 1.88. The average molecular weight is 334 g/mol. The molecule has 1 atom stereocenters. The van der Waals surface area contributed by atoms with Crippen LogP contribution < -0.4 is 0 Å². The summed E-state index contributed by atoms with van der Waals surface area (Å²) in [6.07, 6.45) is 5.52. The van der Waals surface area contributed by atoms with Gasteiger partial charge in [0.1, 0.15) is 0 Å². The monoisotopic (exact) mass is 333 g/mol. The summed E-state index contributed by atoms with van der Waals surface area (Å²) < 4.78 is 2.68. The maximum absolute atomic E-state index is 5.32. The second-order valence-electron chi connectivity index (χ2n) is 7.12. The smallest absolute Gasteiger partial charge is 0.195 e. The van der Waals surface area contributed by atoms with E-state index in [1.54, 1.807) is 0 Å². The predicted octanol–water partition coefficient (Wildman–Crippen LogP) is 5.01. The van der Waals surface area contributed by atoms with Crippen molar-refractivity contribution < 1.29 is 0 Å². The van der Waals surface area contributed by atoms with E-state index in [9.17, 15) is 0 Å². The summed E-state index contributed by atoms with van der Waals surface area (Å²) in [7, 11) is 0. The van der Waals surface area contributed by atoms with Crippen molar-refractivity contribution in [1.82, 2.24) is 14.8 Å². The van der Waals surface area contributed by atoms with Crippen molar-refractivity contribution in [2.45, 2.75) is 46.6 Å². The second kappa shape index (κ2) is 5.78. The van der Waals surface area contributed by atoms with Gasteiger partial charge in [0.2, 0.25) is 0 Å². The Morgan fingerprint density at radius 1 is 1.55 bits per heavy atom. The van der Waals surface area contributed by atoms with E-state index < -0.39 is 0 Å². The van der Waals surface area contributed by atoms with Crippen molar-refractivity contribution in [3.8, 4) is 10.7 Å². The lowest BCUT2D eigenvalue weighted by Gasteiger charge is -2.33. The third-order valence-corrected chi connectivity index (χ3v) is 6.14. The molecular weight excluding hydrogens is 310 g/mol. The molecule has 3 nitrogen and oxygen atoms in total. The first-order valence-electron chi connectivity index (χ1n) is 7.78. The van der Waals surface area contributed by atoms with E-state index in [2.05, 4.69) is 43.6 Å². The van der Waals surface area contributed by atoms with Crippen LogP contribution in [0.15, 0.2) is 18.7 Å². The Bertz CT molecular complexity index is 743. The van der Waals surface area contributed by atoms with Gasteiger partial charge in [0, 0.05) is 11.4 Å². The van der Waals surface area contributed by atoms with Gasteiger partial charge in [-0.25, -0.2) is 0 Å². The Balaban J connectivity index is 1.95. The Kier molecular flexibility index (Phi) is 4.12. The Hall–Kier alpha value is -1.20. The minimum absolute atomic E-state index is 0.378. The number of aromatic nitrogens is 3. The standard InChI is InChI=1S/C17H23N3S2/c1-5-8-20-15(18-19-16(20)21)14-10-11-9-12(17(2,3)4)6-7-13(11)22-14/h5,10,12H,1,6-9H2,2-4H3,(H,19,21)/t12-/m0/s1. The molecule has 118 valence electrons. The molecule has 0 unspecified atom stereocenters. The van der Waals surface area contributed by atoms with Gasteiger partial charge in [-0.3, -0.25) is 9.67 Å². The van der Waals surface area contributed by atoms with Gasteiger partial charge in [-0.05, 0) is 54.4 Å². The van der Waals surface area contributed by atoms with Crippen LogP contribution in [0.25, 0.3) is 10.7 Å². The fourth-order valence-electron chi connectivity index (χ4n) is 3.18. The molecule has 0 aromatic carbocycles. The SMILES string of the molecule is C=CCn1c(-c2cc3c(s2)CC[C@H](C(C)(C)C)C3)n[nH]c1=S. The van der Waals surface area contributed by atoms with Crippen LogP contribution in [0.4, 0.5) is 0 Å². The third kappa shape index (κ3) is 2.84. The van der Waals surface area contributed by atoms with Crippen molar-refractivity contribution in [3.63, 3.8) is 0 Å². The number of allylic oxidation sites excluding steroid dienone is 1. The predicted molar refractivity (Wildman–Crippen MR) is 95.9 cm³/mol. The molecule has 0 amide bonds. The van der Waals surface area contributed by atoms with Gasteiger partial charge in [0.15, 0.2) is 10.6 Å². The molecule has 0 saturated heterocycles. The third-order valence-electron chi connectivity index (χ3n) is 4.60. The number of aromatic amines is 1. The van der Waals surface area contributed by atoms with Crippen molar-refractivity contribution in [2.75, 3.05) is 0 Å². The van der Waals surface area contributed by atoms with E-state index in [0.29, 0.717) is 16.7 Å². The summed E-state index contributed by atoms with van der Waals surface area (Å²) in [4.78, 5) is 2.74. The Morgan fingerprint density at radius 3 is 3.00 bits per heavy atom. The summed E-state index contributed by atoms with van der Waals surface area (Å²) >= 11 is 7.19. The zero-order chi connectivity index (χ0) is 15.9. The molecule has 0 aliphatic heterocycles. The zero-order valence-corrected chi connectivity index (χ0v) is 15.1. The van der Waals surface area contributed by atoms with Crippen LogP contribution in [0.5, 0.6) is 0 Å². The molecule has 22 heavy (non-hydrogen) atoms. The van der Waals surface area contributed by atoms with Gasteiger partial charge in [-0.1, -0.05) is 26.8 Å². The van der Waals surface area contributed by atoms with Gasteiger partial charge in [0.25, 0.3) is 0 Å². The number of fused-ring (bicyclic) bond motifs is 1. The van der Waals surface area contributed by atoms with Crippen molar-refractivity contribution in [1.29, 1.82) is 0 Å². The van der Waals surface area contributed by atoms with Gasteiger partial charge in [-0.2, -0.15) is 5.10 Å². The van der Waals surface area contributed by atoms with Crippen LogP contribution in [-0.4, -0.2) is 14.8 Å². The number of hydrogen-bond acceptors (Lipinski definition) is 3. The summed E-state index contributed by atoms with van der Waals surface area (Å²) in [5.74, 6) is 1.70. The molecule has 2 heterocycles. The van der Waals surface area contributed by atoms with Crippen LogP contribution in [-0.2, 0) is 19.4 Å². The Morgan fingerprint density at radius 2 is 2.32 bits per heavy atom. The molecule has 2 aromatic heterocycles. The first kappa shape index (κ1) is 15.7. The fourth-order valence-corrected chi connectivity index (χ4v) is 4.59. The van der Waals surface area contributed by atoms with Gasteiger partial charge in [0.05, 0.1) is 4.88 Å². The average Bonchev–Trinajstić information content (AvgIpc) is 3.01. The molecule has 0 bridgehead atoms. The van der Waals surface area contributed by atoms with E-state index in [0.717, 1.165) is 11.7 Å². The first-order chi connectivity index (χ1) is 10.4. The van der Waals surface area contributed by atoms with Crippen molar-refractivity contribution in [2.24, 2.45) is 11.3 Å². The van der Waals surface area contributed by atoms with Crippen LogP contribution in [0, 0.1) is 16.1 Å². The molecule has 0 spiro atoms. The molecule has 1 aliphatic rings. The number of nitrogens with one attached hydrogen (secondary N) is 1. The fraction of sp³-hybridized carbons (Fsp3) is 0.529. The number of aryl methyl sites for hydroxylation is 1. The zero-order valence-electron chi connectivity index (χ0n) is 13.5. The van der Waals surface area contributed by atoms with E-state index in [4.69, 9.17) is 12.2 Å². The molecule has 1 aliphatic carbocycles. The number of nitrogens with zero attached hydrogens (tertiary/aromatic N) is 2. The van der Waals surface area contributed by atoms with E-state index >= 15 is 0 Å². The van der Waals surface area contributed by atoms with Crippen LogP contribution in [0.1, 0.15) is 37.6 Å². The number of H-pyrrole nitrogens is 1. The largest absolute Gasteiger partial charge is 0.296 e. The normalized spacial score (nSPS) is 18.2. The number of hydrogen-bond donors (Lipinski definition) is 1. The highest BCUT2D eigenvalue weighted by Crippen LogP contribution is 2.42. The van der Waals surface area contributed by atoms with Crippen LogP contribution in [0.2, 0.25) is 0 Å². The summed E-state index contributed by atoms with van der Waals surface area (Å²) in [5, 5.41) is 7.33. The highest BCUT2D eigenvalue weighted by atomic mass is 32.1. The molecule has 0 radical (unpaired) electrons. The van der Waals surface area contributed by atoms with Crippen LogP contribution >= 0.6 is 23.6 Å². The lowest BCUT2D eigenvalue weighted by molar-refractivity contribution is 0.217. The highest BCUT2D eigenvalue weighted by Gasteiger charge is 2.30. The van der Waals surface area contributed by atoms with Gasteiger partial charge < -0.3 is 0 Å². The molecule has 1 N–H and O–H groups in total. The van der Waals surface area contributed by atoms with Crippen molar-refractivity contribution in [3.05, 3.63) is 33.9 Å². The van der Waals surface area contributed by atoms with Gasteiger partial charge in [-0.15, -0.1) is 17.9 Å². The minimum atomic E-state index is 0.378. The molecular formula is C17H23N3S2. The molecule has 0 saturated carbocycles. The lowest BCUT2D eigenvalue weighted by atomic mass is 9.72. The number of thiophene rings is 1. The summed E-state index contributed by atoms with van der Waals surface area (Å²) in [6, 6.07) is 2.32. The van der Waals surface area contributed by atoms with Gasteiger partial charge >= 0.3 is 0 Å². The second-order valence-corrected chi connectivity index (χ2v) is 8.64. The molecule has 2 aromatic rings. The van der Waals surface area contributed by atoms with E-state index in [-0.39, 0.29) is 0 Å². The molecule has 5 heteroatoms. The highest BCUT2D eigenvalue weighted by molar-refractivity contribution is 7.71. The minimum Gasteiger partial charge on any atom is -0.296 e. The van der Waals surface area contributed by atoms with E-state index in [1.807, 2.05) is 22.0 Å². The quantitative estimate of drug-likeness (QED) is 0.633. The maximum atomic E-state index is 5.32. The molecule has 3 rings (SSSR count). The van der Waals surface area contributed by atoms with Crippen molar-refractivity contribution >= 4 is 23.6 Å². The topological polar surface area (TPSA) is 33.6 Å². The summed E-state index contributed by atoms with van der Waals surface area (Å²) in [6.45, 7) is 11.6. The van der Waals surface area contributed by atoms with Crippen LogP contribution in [0.3, 0.4) is 0 Å².